The van der Waals surface area contributed by atoms with E-state index in [0.717, 1.165) is 0 Å². The van der Waals surface area contributed by atoms with Gasteiger partial charge >= 0.3 is 12.0 Å². The minimum Gasteiger partial charge on any atom is -0.481 e. The fourth-order valence-electron chi connectivity index (χ4n) is 1.85. The SMILES string of the molecule is NC(=O)C1CCN(C(=O)NC(=O)CCC(=O)O)CC1. The number of amides is 4. The first-order valence-electron chi connectivity index (χ1n) is 6.00. The molecule has 0 atom stereocenters. The van der Waals surface area contributed by atoms with Crippen molar-refractivity contribution in [3.8, 4) is 0 Å². The number of imide groups is 1. The first kappa shape index (κ1) is 14.9. The zero-order chi connectivity index (χ0) is 14.4. The summed E-state index contributed by atoms with van der Waals surface area (Å²) in [6.45, 7) is 0.706. The number of hydrogen-bond donors (Lipinski definition) is 3. The van der Waals surface area contributed by atoms with E-state index in [1.807, 2.05) is 0 Å². The van der Waals surface area contributed by atoms with Crippen LogP contribution in [0.5, 0.6) is 0 Å². The molecule has 1 heterocycles. The van der Waals surface area contributed by atoms with Crippen LogP contribution >= 0.6 is 0 Å². The Labute approximate surface area is 109 Å². The Bertz CT molecular complexity index is 388. The smallest absolute Gasteiger partial charge is 0.324 e. The highest BCUT2D eigenvalue weighted by Crippen LogP contribution is 2.16. The molecule has 0 spiro atoms. The lowest BCUT2D eigenvalue weighted by Gasteiger charge is -2.30. The van der Waals surface area contributed by atoms with Crippen molar-refractivity contribution in [1.82, 2.24) is 10.2 Å². The Balaban J connectivity index is 2.33. The molecule has 1 saturated heterocycles. The Kier molecular flexibility index (Phi) is 5.28. The Morgan fingerprint density at radius 2 is 1.74 bits per heavy atom. The zero-order valence-corrected chi connectivity index (χ0v) is 10.4. The van der Waals surface area contributed by atoms with Gasteiger partial charge in [-0.1, -0.05) is 0 Å². The number of nitrogens with one attached hydrogen (secondary N) is 1. The van der Waals surface area contributed by atoms with E-state index < -0.39 is 17.9 Å². The standard InChI is InChI=1S/C11H17N3O5/c12-10(18)7-3-5-14(6-4-7)11(19)13-8(15)1-2-9(16)17/h7H,1-6H2,(H2,12,18)(H,16,17)(H,13,15,19). The summed E-state index contributed by atoms with van der Waals surface area (Å²) in [6, 6.07) is -0.557. The lowest BCUT2D eigenvalue weighted by atomic mass is 9.96. The van der Waals surface area contributed by atoms with Gasteiger partial charge in [-0.3, -0.25) is 19.7 Å². The molecule has 4 N–H and O–H groups in total. The molecule has 0 radical (unpaired) electrons. The molecule has 0 aromatic carbocycles. The highest BCUT2D eigenvalue weighted by atomic mass is 16.4. The molecule has 19 heavy (non-hydrogen) atoms. The fraction of sp³-hybridized carbons (Fsp3) is 0.636. The van der Waals surface area contributed by atoms with Gasteiger partial charge in [0.15, 0.2) is 0 Å². The molecule has 0 bridgehead atoms. The topological polar surface area (TPSA) is 130 Å². The largest absolute Gasteiger partial charge is 0.481 e. The van der Waals surface area contributed by atoms with E-state index >= 15 is 0 Å². The van der Waals surface area contributed by atoms with Gasteiger partial charge in [-0.15, -0.1) is 0 Å². The van der Waals surface area contributed by atoms with Gasteiger partial charge in [0.25, 0.3) is 0 Å². The molecule has 1 rings (SSSR count). The average Bonchev–Trinajstić information content (AvgIpc) is 2.36. The van der Waals surface area contributed by atoms with Crippen LogP contribution in [0.25, 0.3) is 0 Å². The van der Waals surface area contributed by atoms with E-state index in [4.69, 9.17) is 10.8 Å². The summed E-state index contributed by atoms with van der Waals surface area (Å²) >= 11 is 0. The van der Waals surface area contributed by atoms with Crippen LogP contribution in [0.3, 0.4) is 0 Å². The van der Waals surface area contributed by atoms with E-state index in [1.165, 1.54) is 4.90 Å². The summed E-state index contributed by atoms with van der Waals surface area (Å²) in [4.78, 5) is 45.6. The molecule has 0 unspecified atom stereocenters. The van der Waals surface area contributed by atoms with Gasteiger partial charge in [0.1, 0.15) is 0 Å². The van der Waals surface area contributed by atoms with Crippen molar-refractivity contribution < 1.29 is 24.3 Å². The van der Waals surface area contributed by atoms with Gasteiger partial charge in [0.2, 0.25) is 11.8 Å². The second-order valence-electron chi connectivity index (χ2n) is 4.41. The lowest BCUT2D eigenvalue weighted by Crippen LogP contribution is -2.47. The number of nitrogens with two attached hydrogens (primary N) is 1. The number of nitrogens with zero attached hydrogens (tertiary/aromatic N) is 1. The number of likely N-dealkylation sites (tertiary alicyclic amines) is 1. The number of urea groups is 1. The third-order valence-corrected chi connectivity index (χ3v) is 3.00. The molecule has 1 aliphatic rings. The van der Waals surface area contributed by atoms with Crippen molar-refractivity contribution >= 4 is 23.8 Å². The van der Waals surface area contributed by atoms with Crippen molar-refractivity contribution in [2.24, 2.45) is 11.7 Å². The number of carboxylic acid groups (broad SMARTS) is 1. The van der Waals surface area contributed by atoms with Crippen LogP contribution in [-0.2, 0) is 14.4 Å². The summed E-state index contributed by atoms with van der Waals surface area (Å²) in [7, 11) is 0. The first-order chi connectivity index (χ1) is 8.90. The van der Waals surface area contributed by atoms with Crippen molar-refractivity contribution in [3.63, 3.8) is 0 Å². The molecule has 106 valence electrons. The quantitative estimate of drug-likeness (QED) is 0.621. The maximum atomic E-state index is 11.7. The van der Waals surface area contributed by atoms with Gasteiger partial charge < -0.3 is 15.7 Å². The van der Waals surface area contributed by atoms with Gasteiger partial charge in [-0.2, -0.15) is 0 Å². The highest BCUT2D eigenvalue weighted by Gasteiger charge is 2.26. The molecule has 0 aromatic heterocycles. The molecule has 8 nitrogen and oxygen atoms in total. The van der Waals surface area contributed by atoms with Gasteiger partial charge in [0, 0.05) is 25.4 Å². The van der Waals surface area contributed by atoms with E-state index in [2.05, 4.69) is 5.32 Å². The van der Waals surface area contributed by atoms with E-state index in [-0.39, 0.29) is 24.7 Å². The summed E-state index contributed by atoms with van der Waals surface area (Å²) in [5.41, 5.74) is 5.17. The van der Waals surface area contributed by atoms with E-state index in [1.54, 1.807) is 0 Å². The summed E-state index contributed by atoms with van der Waals surface area (Å²) < 4.78 is 0. The van der Waals surface area contributed by atoms with Crippen molar-refractivity contribution in [2.45, 2.75) is 25.7 Å². The molecule has 0 saturated carbocycles. The fourth-order valence-corrected chi connectivity index (χ4v) is 1.85. The molecular formula is C11H17N3O5. The zero-order valence-electron chi connectivity index (χ0n) is 10.4. The first-order valence-corrected chi connectivity index (χ1v) is 6.00. The third-order valence-electron chi connectivity index (χ3n) is 3.00. The summed E-state index contributed by atoms with van der Waals surface area (Å²) in [6.07, 6.45) is 0.403. The van der Waals surface area contributed by atoms with Crippen LogP contribution in [0, 0.1) is 5.92 Å². The van der Waals surface area contributed by atoms with Crippen molar-refractivity contribution in [2.75, 3.05) is 13.1 Å². The molecule has 1 aliphatic heterocycles. The van der Waals surface area contributed by atoms with Crippen LogP contribution in [0.1, 0.15) is 25.7 Å². The van der Waals surface area contributed by atoms with E-state index in [9.17, 15) is 19.2 Å². The van der Waals surface area contributed by atoms with Gasteiger partial charge in [0.05, 0.1) is 6.42 Å². The van der Waals surface area contributed by atoms with Crippen molar-refractivity contribution in [1.29, 1.82) is 0 Å². The molecule has 0 aromatic rings. The van der Waals surface area contributed by atoms with Gasteiger partial charge in [-0.25, -0.2) is 4.79 Å². The van der Waals surface area contributed by atoms with Crippen molar-refractivity contribution in [3.05, 3.63) is 0 Å². The predicted molar refractivity (Wildman–Crippen MR) is 63.9 cm³/mol. The number of rotatable bonds is 4. The lowest BCUT2D eigenvalue weighted by molar-refractivity contribution is -0.138. The molecular weight excluding hydrogens is 254 g/mol. The maximum Gasteiger partial charge on any atom is 0.324 e. The van der Waals surface area contributed by atoms with E-state index in [0.29, 0.717) is 25.9 Å². The number of carboxylic acids is 1. The van der Waals surface area contributed by atoms with Crippen LogP contribution in [0.15, 0.2) is 0 Å². The Morgan fingerprint density at radius 1 is 1.16 bits per heavy atom. The molecule has 0 aliphatic carbocycles. The Morgan fingerprint density at radius 3 is 2.21 bits per heavy atom. The van der Waals surface area contributed by atoms with Crippen LogP contribution in [0.4, 0.5) is 4.79 Å². The molecule has 8 heteroatoms. The molecule has 4 amide bonds. The third kappa shape index (κ3) is 4.94. The number of piperidine rings is 1. The summed E-state index contributed by atoms with van der Waals surface area (Å²) in [5.74, 6) is -2.32. The number of primary amides is 1. The highest BCUT2D eigenvalue weighted by molar-refractivity contribution is 5.95. The number of carbonyl (C=O) groups excluding carboxylic acids is 3. The van der Waals surface area contributed by atoms with Crippen LogP contribution in [-0.4, -0.2) is 46.9 Å². The second kappa shape index (κ2) is 6.72. The summed E-state index contributed by atoms with van der Waals surface area (Å²) in [5, 5.41) is 10.5. The van der Waals surface area contributed by atoms with Crippen LogP contribution in [0.2, 0.25) is 0 Å². The Hall–Kier alpha value is -2.12. The number of hydrogen-bond acceptors (Lipinski definition) is 4. The van der Waals surface area contributed by atoms with Crippen LogP contribution < -0.4 is 11.1 Å². The minimum absolute atomic E-state index is 0.230. The average molecular weight is 271 g/mol. The normalized spacial score (nSPS) is 15.9. The second-order valence-corrected chi connectivity index (χ2v) is 4.41. The predicted octanol–water partition coefficient (Wildman–Crippen LogP) is -0.715. The monoisotopic (exact) mass is 271 g/mol. The minimum atomic E-state index is -1.09. The number of aliphatic carboxylic acids is 1. The molecule has 1 fully saturated rings. The maximum absolute atomic E-state index is 11.7. The van der Waals surface area contributed by atoms with Gasteiger partial charge in [-0.05, 0) is 12.8 Å². The number of carbonyl (C=O) groups is 4.